The molecule has 0 bridgehead atoms. The first-order valence-corrected chi connectivity index (χ1v) is 10.6. The van der Waals surface area contributed by atoms with Gasteiger partial charge in [-0.2, -0.15) is 5.10 Å². The van der Waals surface area contributed by atoms with Gasteiger partial charge in [0, 0.05) is 35.6 Å². The Morgan fingerprint density at radius 1 is 1.03 bits per heavy atom. The van der Waals surface area contributed by atoms with Crippen molar-refractivity contribution in [1.82, 2.24) is 14.3 Å². The minimum atomic E-state index is -0.438. The number of carbonyl (C=O) groups is 1. The van der Waals surface area contributed by atoms with Gasteiger partial charge >= 0.3 is 6.03 Å². The van der Waals surface area contributed by atoms with Crippen molar-refractivity contribution in [3.63, 3.8) is 0 Å². The molecule has 0 saturated heterocycles. The lowest BCUT2D eigenvalue weighted by Crippen LogP contribution is -2.21. The number of nitrogens with zero attached hydrogens (tertiary/aromatic N) is 3. The number of aryl methyl sites for hydroxylation is 1. The predicted octanol–water partition coefficient (Wildman–Crippen LogP) is 6.61. The lowest BCUT2D eigenvalue weighted by atomic mass is 9.92. The molecular weight excluding hydrogens is 433 g/mol. The summed E-state index contributed by atoms with van der Waals surface area (Å²) in [4.78, 5) is 12.7. The zero-order valence-corrected chi connectivity index (χ0v) is 19.2. The van der Waals surface area contributed by atoms with E-state index in [4.69, 9.17) is 28.3 Å². The van der Waals surface area contributed by atoms with E-state index in [1.54, 1.807) is 22.9 Å². The first-order chi connectivity index (χ1) is 14.6. The Morgan fingerprint density at radius 2 is 1.81 bits per heavy atom. The van der Waals surface area contributed by atoms with Crippen molar-refractivity contribution in [2.75, 3.05) is 10.6 Å². The van der Waals surface area contributed by atoms with E-state index in [1.165, 1.54) is 0 Å². The first kappa shape index (κ1) is 21.3. The van der Waals surface area contributed by atoms with Crippen LogP contribution in [0.3, 0.4) is 0 Å². The molecule has 2 amide bonds. The molecule has 0 aliphatic rings. The number of carbonyl (C=O) groups excluding carboxylic acids is 1. The second-order valence-electron chi connectivity index (χ2n) is 8.43. The highest BCUT2D eigenvalue weighted by molar-refractivity contribution is 6.44. The molecule has 0 aliphatic heterocycles. The van der Waals surface area contributed by atoms with Crippen LogP contribution < -0.4 is 10.6 Å². The van der Waals surface area contributed by atoms with E-state index in [-0.39, 0.29) is 10.4 Å². The number of amides is 2. The molecule has 0 fully saturated rings. The van der Waals surface area contributed by atoms with Crippen molar-refractivity contribution in [3.8, 4) is 5.69 Å². The van der Waals surface area contributed by atoms with Crippen LogP contribution in [-0.4, -0.2) is 20.4 Å². The second-order valence-corrected chi connectivity index (χ2v) is 9.21. The van der Waals surface area contributed by atoms with Gasteiger partial charge in [-0.25, -0.2) is 9.48 Å². The molecule has 2 heterocycles. The summed E-state index contributed by atoms with van der Waals surface area (Å²) in [5.41, 5.74) is 3.07. The fourth-order valence-electron chi connectivity index (χ4n) is 3.30. The van der Waals surface area contributed by atoms with Crippen LogP contribution in [0.25, 0.3) is 16.6 Å². The molecule has 4 rings (SSSR count). The number of urea groups is 1. The number of benzene rings is 2. The summed E-state index contributed by atoms with van der Waals surface area (Å²) in [5.74, 6) is 0.552. The third-order valence-corrected chi connectivity index (χ3v) is 5.85. The van der Waals surface area contributed by atoms with Crippen LogP contribution in [0.5, 0.6) is 0 Å². The average Bonchev–Trinajstić information content (AvgIpc) is 3.29. The Labute approximate surface area is 190 Å². The quantitative estimate of drug-likeness (QED) is 0.364. The molecule has 0 spiro atoms. The highest BCUT2D eigenvalue weighted by atomic mass is 35.5. The van der Waals surface area contributed by atoms with Crippen molar-refractivity contribution < 1.29 is 4.79 Å². The van der Waals surface area contributed by atoms with Gasteiger partial charge in [-0.3, -0.25) is 5.32 Å². The van der Waals surface area contributed by atoms with Crippen molar-refractivity contribution >= 4 is 51.6 Å². The van der Waals surface area contributed by atoms with Crippen LogP contribution in [-0.2, 0) is 12.5 Å². The van der Waals surface area contributed by atoms with E-state index in [9.17, 15) is 4.79 Å². The SMILES string of the molecule is Cn1ccc2cc(-n3nc(C(C)(C)C)cc3NC(=O)Nc3cccc(Cl)c3Cl)ccc21. The Kier molecular flexibility index (Phi) is 5.45. The first-order valence-electron chi connectivity index (χ1n) is 9.81. The molecule has 0 saturated carbocycles. The predicted molar refractivity (Wildman–Crippen MR) is 128 cm³/mol. The highest BCUT2D eigenvalue weighted by Gasteiger charge is 2.22. The standard InChI is InChI=1S/C23H23Cl2N5O/c1-23(2,3)19-13-20(27-22(31)26-17-7-5-6-16(24)21(17)25)30(28-19)15-8-9-18-14(12-15)10-11-29(18)4/h5-13H,1-4H3,(H2,26,27,31). The van der Waals surface area contributed by atoms with Gasteiger partial charge in [0.15, 0.2) is 0 Å². The van der Waals surface area contributed by atoms with Gasteiger partial charge in [0.1, 0.15) is 5.82 Å². The Balaban J connectivity index is 1.69. The van der Waals surface area contributed by atoms with E-state index in [0.29, 0.717) is 16.5 Å². The van der Waals surface area contributed by atoms with Gasteiger partial charge in [0.05, 0.1) is 27.1 Å². The van der Waals surface area contributed by atoms with E-state index in [0.717, 1.165) is 22.3 Å². The maximum Gasteiger partial charge on any atom is 0.324 e. The lowest BCUT2D eigenvalue weighted by Gasteiger charge is -2.14. The number of aromatic nitrogens is 3. The third-order valence-electron chi connectivity index (χ3n) is 5.03. The molecule has 6 nitrogen and oxygen atoms in total. The van der Waals surface area contributed by atoms with Crippen molar-refractivity contribution in [2.24, 2.45) is 7.05 Å². The number of hydrogen-bond acceptors (Lipinski definition) is 2. The number of fused-ring (bicyclic) bond motifs is 1. The van der Waals surface area contributed by atoms with E-state index >= 15 is 0 Å². The molecule has 0 radical (unpaired) electrons. The Bertz CT molecular complexity index is 1280. The van der Waals surface area contributed by atoms with Crippen LogP contribution in [0.1, 0.15) is 26.5 Å². The van der Waals surface area contributed by atoms with E-state index in [2.05, 4.69) is 36.0 Å². The van der Waals surface area contributed by atoms with Crippen LogP contribution in [0.15, 0.2) is 54.7 Å². The summed E-state index contributed by atoms with van der Waals surface area (Å²) in [5, 5.41) is 12.2. The van der Waals surface area contributed by atoms with Crippen molar-refractivity contribution in [2.45, 2.75) is 26.2 Å². The molecule has 0 aliphatic carbocycles. The maximum absolute atomic E-state index is 12.7. The number of rotatable bonds is 3. The molecule has 31 heavy (non-hydrogen) atoms. The topological polar surface area (TPSA) is 63.9 Å². The summed E-state index contributed by atoms with van der Waals surface area (Å²) >= 11 is 12.2. The molecule has 0 unspecified atom stereocenters. The minimum Gasteiger partial charge on any atom is -0.351 e. The molecule has 2 aromatic heterocycles. The summed E-state index contributed by atoms with van der Waals surface area (Å²) in [6.45, 7) is 6.24. The van der Waals surface area contributed by atoms with Crippen molar-refractivity contribution in [3.05, 3.63) is 70.5 Å². The normalized spacial score (nSPS) is 11.7. The molecule has 2 N–H and O–H groups in total. The van der Waals surface area contributed by atoms with Crippen LogP contribution in [0, 0.1) is 0 Å². The number of halogens is 2. The highest BCUT2D eigenvalue weighted by Crippen LogP contribution is 2.31. The number of anilines is 2. The average molecular weight is 456 g/mol. The summed E-state index contributed by atoms with van der Waals surface area (Å²) in [6.07, 6.45) is 2.01. The number of hydrogen-bond donors (Lipinski definition) is 2. The van der Waals surface area contributed by atoms with Crippen LogP contribution in [0.2, 0.25) is 10.0 Å². The van der Waals surface area contributed by atoms with Crippen LogP contribution in [0.4, 0.5) is 16.3 Å². The zero-order chi connectivity index (χ0) is 22.3. The molecule has 0 atom stereocenters. The summed E-state index contributed by atoms with van der Waals surface area (Å²) in [6, 6.07) is 14.6. The minimum absolute atomic E-state index is 0.189. The second kappa shape index (κ2) is 7.94. The van der Waals surface area contributed by atoms with Gasteiger partial charge in [-0.15, -0.1) is 0 Å². The molecule has 160 valence electrons. The molecule has 4 aromatic rings. The van der Waals surface area contributed by atoms with Gasteiger partial charge in [0.2, 0.25) is 0 Å². The smallest absolute Gasteiger partial charge is 0.324 e. The Hall–Kier alpha value is -2.96. The van der Waals surface area contributed by atoms with E-state index < -0.39 is 6.03 Å². The monoisotopic (exact) mass is 455 g/mol. The maximum atomic E-state index is 12.7. The summed E-state index contributed by atoms with van der Waals surface area (Å²) < 4.78 is 3.80. The summed E-state index contributed by atoms with van der Waals surface area (Å²) in [7, 11) is 2.01. The fraction of sp³-hybridized carbons (Fsp3) is 0.217. The van der Waals surface area contributed by atoms with Gasteiger partial charge in [0.25, 0.3) is 0 Å². The fourth-order valence-corrected chi connectivity index (χ4v) is 3.65. The van der Waals surface area contributed by atoms with Gasteiger partial charge in [-0.05, 0) is 36.4 Å². The van der Waals surface area contributed by atoms with Gasteiger partial charge < -0.3 is 9.88 Å². The molecular formula is C23H23Cl2N5O. The van der Waals surface area contributed by atoms with Crippen molar-refractivity contribution in [1.29, 1.82) is 0 Å². The molecule has 2 aromatic carbocycles. The molecule has 8 heteroatoms. The van der Waals surface area contributed by atoms with Gasteiger partial charge in [-0.1, -0.05) is 50.0 Å². The zero-order valence-electron chi connectivity index (χ0n) is 17.7. The largest absolute Gasteiger partial charge is 0.351 e. The third kappa shape index (κ3) is 4.27. The Morgan fingerprint density at radius 3 is 2.55 bits per heavy atom. The van der Waals surface area contributed by atoms with E-state index in [1.807, 2.05) is 43.6 Å². The lowest BCUT2D eigenvalue weighted by molar-refractivity contribution is 0.262. The van der Waals surface area contributed by atoms with Crippen LogP contribution >= 0.6 is 23.2 Å². The number of nitrogens with one attached hydrogen (secondary N) is 2.